The van der Waals surface area contributed by atoms with Gasteiger partial charge < -0.3 is 10.1 Å². The molecule has 0 fully saturated rings. The molecular formula is C10H17N3OS. The fourth-order valence-electron chi connectivity index (χ4n) is 0.999. The summed E-state index contributed by atoms with van der Waals surface area (Å²) in [5.74, 6) is 2.28. The van der Waals surface area contributed by atoms with Gasteiger partial charge in [0.05, 0.1) is 6.10 Å². The fourth-order valence-corrected chi connectivity index (χ4v) is 1.31. The number of nitrogens with zero attached hydrogens (tertiary/aromatic N) is 2. The summed E-state index contributed by atoms with van der Waals surface area (Å²) in [6, 6.07) is 1.76. The van der Waals surface area contributed by atoms with E-state index in [1.54, 1.807) is 24.0 Å². The van der Waals surface area contributed by atoms with Crippen LogP contribution in [0.5, 0.6) is 5.88 Å². The molecule has 1 rings (SSSR count). The van der Waals surface area contributed by atoms with Crippen molar-refractivity contribution in [3.63, 3.8) is 0 Å². The van der Waals surface area contributed by atoms with Crippen molar-refractivity contribution >= 4 is 17.7 Å². The zero-order valence-corrected chi connectivity index (χ0v) is 10.2. The minimum atomic E-state index is 0.138. The van der Waals surface area contributed by atoms with Gasteiger partial charge in [0, 0.05) is 24.6 Å². The Balaban J connectivity index is 2.50. The molecule has 0 saturated heterocycles. The van der Waals surface area contributed by atoms with E-state index in [-0.39, 0.29) is 6.10 Å². The highest BCUT2D eigenvalue weighted by atomic mass is 32.2. The van der Waals surface area contributed by atoms with E-state index in [0.717, 1.165) is 12.3 Å². The molecule has 0 amide bonds. The highest BCUT2D eigenvalue weighted by Crippen LogP contribution is 2.09. The summed E-state index contributed by atoms with van der Waals surface area (Å²) in [5.41, 5.74) is 0. The molecule has 1 aromatic heterocycles. The molecule has 1 heterocycles. The SMILES string of the molecule is CSCCNc1nccc(OC(C)C)n1. The number of nitrogens with one attached hydrogen (secondary N) is 1. The van der Waals surface area contributed by atoms with Crippen LogP contribution in [0.1, 0.15) is 13.8 Å². The molecule has 0 bridgehead atoms. The summed E-state index contributed by atoms with van der Waals surface area (Å²) >= 11 is 1.79. The number of thioether (sulfide) groups is 1. The molecule has 0 unspecified atom stereocenters. The van der Waals surface area contributed by atoms with Crippen LogP contribution in [-0.4, -0.2) is 34.6 Å². The van der Waals surface area contributed by atoms with Gasteiger partial charge in [0.2, 0.25) is 11.8 Å². The largest absolute Gasteiger partial charge is 0.475 e. The maximum atomic E-state index is 5.46. The zero-order valence-electron chi connectivity index (χ0n) is 9.36. The van der Waals surface area contributed by atoms with Crippen molar-refractivity contribution in [2.24, 2.45) is 0 Å². The molecule has 84 valence electrons. The Kier molecular flexibility index (Phi) is 5.25. The number of hydrogen-bond donors (Lipinski definition) is 1. The standard InChI is InChI=1S/C10H17N3OS/c1-8(2)14-9-4-5-11-10(13-9)12-6-7-15-3/h4-5,8H,6-7H2,1-3H3,(H,11,12,13). The molecule has 4 nitrogen and oxygen atoms in total. The van der Waals surface area contributed by atoms with Gasteiger partial charge in [0.25, 0.3) is 0 Å². The van der Waals surface area contributed by atoms with Crippen LogP contribution >= 0.6 is 11.8 Å². The molecule has 0 aromatic carbocycles. The van der Waals surface area contributed by atoms with Crippen LogP contribution in [0.15, 0.2) is 12.3 Å². The van der Waals surface area contributed by atoms with E-state index in [1.165, 1.54) is 0 Å². The van der Waals surface area contributed by atoms with Gasteiger partial charge in [-0.25, -0.2) is 4.98 Å². The summed E-state index contributed by atoms with van der Waals surface area (Å²) in [6.45, 7) is 4.82. The first-order chi connectivity index (χ1) is 7.22. The van der Waals surface area contributed by atoms with E-state index in [4.69, 9.17) is 4.74 Å². The van der Waals surface area contributed by atoms with Gasteiger partial charge in [-0.05, 0) is 20.1 Å². The van der Waals surface area contributed by atoms with Crippen molar-refractivity contribution < 1.29 is 4.74 Å². The van der Waals surface area contributed by atoms with Gasteiger partial charge in [-0.2, -0.15) is 16.7 Å². The van der Waals surface area contributed by atoms with Crippen molar-refractivity contribution in [1.82, 2.24) is 9.97 Å². The summed E-state index contributed by atoms with van der Waals surface area (Å²) < 4.78 is 5.46. The Morgan fingerprint density at radius 2 is 2.33 bits per heavy atom. The predicted octanol–water partition coefficient (Wildman–Crippen LogP) is 2.04. The quantitative estimate of drug-likeness (QED) is 0.754. The number of hydrogen-bond acceptors (Lipinski definition) is 5. The first kappa shape index (κ1) is 12.1. The molecule has 0 aliphatic rings. The Morgan fingerprint density at radius 3 is 3.00 bits per heavy atom. The number of aromatic nitrogens is 2. The van der Waals surface area contributed by atoms with E-state index in [0.29, 0.717) is 11.8 Å². The summed E-state index contributed by atoms with van der Waals surface area (Å²) in [7, 11) is 0. The summed E-state index contributed by atoms with van der Waals surface area (Å²) in [4.78, 5) is 8.34. The van der Waals surface area contributed by atoms with Crippen molar-refractivity contribution in [2.75, 3.05) is 23.9 Å². The van der Waals surface area contributed by atoms with E-state index in [1.807, 2.05) is 13.8 Å². The lowest BCUT2D eigenvalue weighted by atomic mass is 10.5. The average molecular weight is 227 g/mol. The maximum Gasteiger partial charge on any atom is 0.225 e. The van der Waals surface area contributed by atoms with Crippen LogP contribution in [0.25, 0.3) is 0 Å². The second kappa shape index (κ2) is 6.50. The molecule has 0 radical (unpaired) electrons. The predicted molar refractivity (Wildman–Crippen MR) is 64.7 cm³/mol. The molecule has 15 heavy (non-hydrogen) atoms. The third kappa shape index (κ3) is 4.88. The monoisotopic (exact) mass is 227 g/mol. The lowest BCUT2D eigenvalue weighted by Crippen LogP contribution is -2.10. The molecule has 1 aromatic rings. The molecule has 1 N–H and O–H groups in total. The zero-order chi connectivity index (χ0) is 11.1. The lowest BCUT2D eigenvalue weighted by molar-refractivity contribution is 0.232. The average Bonchev–Trinajstić information content (AvgIpc) is 2.18. The number of rotatable bonds is 6. The third-order valence-electron chi connectivity index (χ3n) is 1.58. The number of ether oxygens (including phenoxy) is 1. The van der Waals surface area contributed by atoms with Gasteiger partial charge >= 0.3 is 0 Å². The molecular weight excluding hydrogens is 210 g/mol. The Labute approximate surface area is 94.8 Å². The molecule has 5 heteroatoms. The Hall–Kier alpha value is -0.970. The molecule has 0 saturated carbocycles. The summed E-state index contributed by atoms with van der Waals surface area (Å²) in [6.07, 6.45) is 3.91. The first-order valence-electron chi connectivity index (χ1n) is 4.95. The van der Waals surface area contributed by atoms with Crippen LogP contribution in [-0.2, 0) is 0 Å². The van der Waals surface area contributed by atoms with E-state index in [9.17, 15) is 0 Å². The second-order valence-electron chi connectivity index (χ2n) is 3.30. The smallest absolute Gasteiger partial charge is 0.225 e. The van der Waals surface area contributed by atoms with Crippen LogP contribution in [0.3, 0.4) is 0 Å². The van der Waals surface area contributed by atoms with Crippen LogP contribution in [0.2, 0.25) is 0 Å². The fraction of sp³-hybridized carbons (Fsp3) is 0.600. The molecule has 0 spiro atoms. The minimum Gasteiger partial charge on any atom is -0.475 e. The normalized spacial score (nSPS) is 10.4. The summed E-state index contributed by atoms with van der Waals surface area (Å²) in [5, 5.41) is 3.14. The van der Waals surface area contributed by atoms with Gasteiger partial charge in [-0.15, -0.1) is 0 Å². The topological polar surface area (TPSA) is 47.0 Å². The molecule has 0 aliphatic carbocycles. The first-order valence-corrected chi connectivity index (χ1v) is 6.34. The van der Waals surface area contributed by atoms with Crippen LogP contribution in [0.4, 0.5) is 5.95 Å². The van der Waals surface area contributed by atoms with Crippen molar-refractivity contribution in [3.8, 4) is 5.88 Å². The Morgan fingerprint density at radius 1 is 1.53 bits per heavy atom. The van der Waals surface area contributed by atoms with Crippen molar-refractivity contribution in [2.45, 2.75) is 20.0 Å². The molecule has 0 aliphatic heterocycles. The van der Waals surface area contributed by atoms with E-state index < -0.39 is 0 Å². The van der Waals surface area contributed by atoms with Crippen molar-refractivity contribution in [1.29, 1.82) is 0 Å². The van der Waals surface area contributed by atoms with E-state index in [2.05, 4.69) is 21.5 Å². The van der Waals surface area contributed by atoms with Gasteiger partial charge in [-0.3, -0.25) is 0 Å². The van der Waals surface area contributed by atoms with Crippen LogP contribution in [0, 0.1) is 0 Å². The molecule has 0 atom stereocenters. The number of anilines is 1. The van der Waals surface area contributed by atoms with E-state index >= 15 is 0 Å². The highest BCUT2D eigenvalue weighted by molar-refractivity contribution is 7.98. The second-order valence-corrected chi connectivity index (χ2v) is 4.29. The lowest BCUT2D eigenvalue weighted by Gasteiger charge is -2.09. The minimum absolute atomic E-state index is 0.138. The van der Waals surface area contributed by atoms with Gasteiger partial charge in [-0.1, -0.05) is 0 Å². The van der Waals surface area contributed by atoms with Gasteiger partial charge in [0.15, 0.2) is 0 Å². The maximum absolute atomic E-state index is 5.46. The van der Waals surface area contributed by atoms with Crippen LogP contribution < -0.4 is 10.1 Å². The van der Waals surface area contributed by atoms with Crippen molar-refractivity contribution in [3.05, 3.63) is 12.3 Å². The van der Waals surface area contributed by atoms with Gasteiger partial charge in [0.1, 0.15) is 0 Å². The highest BCUT2D eigenvalue weighted by Gasteiger charge is 2.01. The Bertz CT molecular complexity index is 294. The third-order valence-corrected chi connectivity index (χ3v) is 2.19.